The summed E-state index contributed by atoms with van der Waals surface area (Å²) in [6.07, 6.45) is 0. The highest BCUT2D eigenvalue weighted by Gasteiger charge is 2.19. The van der Waals surface area contributed by atoms with Crippen LogP contribution in [0, 0.1) is 10.7 Å². The maximum Gasteiger partial charge on any atom is 0.172 e. The van der Waals surface area contributed by atoms with E-state index in [4.69, 9.17) is 16.0 Å². The number of benzene rings is 1. The van der Waals surface area contributed by atoms with E-state index in [0.29, 0.717) is 0 Å². The van der Waals surface area contributed by atoms with Gasteiger partial charge in [0.25, 0.3) is 0 Å². The molecule has 0 radical (unpaired) electrons. The summed E-state index contributed by atoms with van der Waals surface area (Å²) in [5.41, 5.74) is 4.47. The van der Waals surface area contributed by atoms with E-state index in [1.165, 1.54) is 0 Å². The molecular formula is C15H14ClIO. The molecule has 2 aromatic rings. The highest BCUT2D eigenvalue weighted by molar-refractivity contribution is 14.1. The van der Waals surface area contributed by atoms with Crippen molar-refractivity contribution in [3.05, 3.63) is 50.5 Å². The van der Waals surface area contributed by atoms with Gasteiger partial charge < -0.3 is 4.42 Å². The average Bonchev–Trinajstić information content (AvgIpc) is 2.64. The first-order valence-electron chi connectivity index (χ1n) is 5.70. The Kier molecular flexibility index (Phi) is 4.17. The van der Waals surface area contributed by atoms with Crippen LogP contribution in [-0.2, 0) is 0 Å². The topological polar surface area (TPSA) is 13.1 Å². The predicted molar refractivity (Wildman–Crippen MR) is 85.7 cm³/mol. The molecule has 3 heteroatoms. The zero-order valence-electron chi connectivity index (χ0n) is 10.6. The van der Waals surface area contributed by atoms with Crippen LogP contribution in [-0.4, -0.2) is 0 Å². The fourth-order valence-electron chi connectivity index (χ4n) is 2.00. The summed E-state index contributed by atoms with van der Waals surface area (Å²) in [6.45, 7) is 5.92. The lowest BCUT2D eigenvalue weighted by atomic mass is 9.98. The van der Waals surface area contributed by atoms with Crippen LogP contribution in [0.4, 0.5) is 0 Å². The van der Waals surface area contributed by atoms with Gasteiger partial charge in [0.1, 0.15) is 5.76 Å². The Morgan fingerprint density at radius 1 is 1.17 bits per heavy atom. The van der Waals surface area contributed by atoms with Crippen LogP contribution in [0.1, 0.15) is 25.2 Å². The van der Waals surface area contributed by atoms with E-state index in [2.05, 4.69) is 34.7 Å². The summed E-state index contributed by atoms with van der Waals surface area (Å²) in [4.78, 5) is 0. The number of halogens is 2. The Bertz CT molecular complexity index is 592. The summed E-state index contributed by atoms with van der Waals surface area (Å²) in [5, 5.41) is 0.799. The maximum atomic E-state index is 6.14. The van der Waals surface area contributed by atoms with E-state index in [0.717, 1.165) is 36.8 Å². The fraction of sp³-hybridized carbons (Fsp3) is 0.200. The quantitative estimate of drug-likeness (QED) is 0.603. The van der Waals surface area contributed by atoms with Crippen molar-refractivity contribution in [2.24, 2.45) is 0 Å². The van der Waals surface area contributed by atoms with Gasteiger partial charge in [-0.25, -0.2) is 0 Å². The molecule has 0 atom stereocenters. The van der Waals surface area contributed by atoms with Crippen molar-refractivity contribution in [1.82, 2.24) is 0 Å². The Morgan fingerprint density at radius 3 is 2.33 bits per heavy atom. The molecule has 2 rings (SSSR count). The lowest BCUT2D eigenvalue weighted by molar-refractivity contribution is 0.507. The van der Waals surface area contributed by atoms with Gasteiger partial charge in [-0.05, 0) is 31.9 Å². The molecule has 0 spiro atoms. The molecule has 0 amide bonds. The van der Waals surface area contributed by atoms with Crippen LogP contribution in [0.25, 0.3) is 16.7 Å². The number of rotatable bonds is 2. The Labute approximate surface area is 126 Å². The molecule has 0 N–H and O–H groups in total. The van der Waals surface area contributed by atoms with Crippen molar-refractivity contribution in [3.63, 3.8) is 0 Å². The molecule has 1 nitrogen and oxygen atoms in total. The number of hydrogen-bond acceptors (Lipinski definition) is 1. The van der Waals surface area contributed by atoms with Gasteiger partial charge in [-0.2, -0.15) is 0 Å². The molecule has 0 saturated carbocycles. The minimum absolute atomic E-state index is 0.799. The number of furan rings is 1. The van der Waals surface area contributed by atoms with Gasteiger partial charge >= 0.3 is 0 Å². The second kappa shape index (κ2) is 5.49. The molecule has 18 heavy (non-hydrogen) atoms. The summed E-state index contributed by atoms with van der Waals surface area (Å²) in [6, 6.07) is 10.3. The molecule has 1 aromatic heterocycles. The van der Waals surface area contributed by atoms with E-state index in [1.54, 1.807) is 0 Å². The van der Waals surface area contributed by atoms with Gasteiger partial charge in [0.2, 0.25) is 0 Å². The standard InChI is InChI=1S/C15H14ClIO/c1-9(10(2)16)13-11(3)18-15(17)14(13)12-7-5-4-6-8-12/h4-8H,1-3H3/b10-9+. The molecule has 0 aliphatic carbocycles. The SMILES string of the molecule is C/C(Cl)=C(/C)c1c(C)oc(I)c1-c1ccccc1. The van der Waals surface area contributed by atoms with E-state index in [1.807, 2.05) is 39.0 Å². The molecule has 0 aliphatic rings. The largest absolute Gasteiger partial charge is 0.454 e. The first kappa shape index (κ1) is 13.7. The lowest BCUT2D eigenvalue weighted by Crippen LogP contribution is -1.87. The summed E-state index contributed by atoms with van der Waals surface area (Å²) in [5.74, 6) is 0.913. The van der Waals surface area contributed by atoms with Gasteiger partial charge in [-0.15, -0.1) is 0 Å². The predicted octanol–water partition coefficient (Wildman–Crippen LogP) is 5.85. The Balaban J connectivity index is 2.73. The van der Waals surface area contributed by atoms with E-state index < -0.39 is 0 Å². The van der Waals surface area contributed by atoms with Crippen molar-refractivity contribution in [2.45, 2.75) is 20.8 Å². The second-order valence-corrected chi connectivity index (χ2v) is 5.75. The van der Waals surface area contributed by atoms with Crippen LogP contribution in [0.5, 0.6) is 0 Å². The van der Waals surface area contributed by atoms with Gasteiger partial charge in [-0.3, -0.25) is 0 Å². The van der Waals surface area contributed by atoms with E-state index in [-0.39, 0.29) is 0 Å². The minimum atomic E-state index is 0.799. The number of allylic oxidation sites excluding steroid dienone is 2. The van der Waals surface area contributed by atoms with Crippen LogP contribution < -0.4 is 0 Å². The molecule has 0 unspecified atom stereocenters. The monoisotopic (exact) mass is 372 g/mol. The zero-order valence-corrected chi connectivity index (χ0v) is 13.5. The summed E-state index contributed by atoms with van der Waals surface area (Å²) < 4.78 is 6.67. The molecule has 0 bridgehead atoms. The van der Waals surface area contributed by atoms with Crippen LogP contribution in [0.2, 0.25) is 0 Å². The van der Waals surface area contributed by atoms with Crippen LogP contribution in [0.3, 0.4) is 0 Å². The fourth-order valence-corrected chi connectivity index (χ4v) is 3.00. The summed E-state index contributed by atoms with van der Waals surface area (Å²) >= 11 is 8.37. The van der Waals surface area contributed by atoms with Gasteiger partial charge in [-0.1, -0.05) is 41.9 Å². The van der Waals surface area contributed by atoms with E-state index >= 15 is 0 Å². The maximum absolute atomic E-state index is 6.14. The molecule has 0 fully saturated rings. The van der Waals surface area contributed by atoms with Crippen LogP contribution >= 0.6 is 34.2 Å². The first-order chi connectivity index (χ1) is 8.52. The average molecular weight is 373 g/mol. The highest BCUT2D eigenvalue weighted by Crippen LogP contribution is 2.38. The minimum Gasteiger partial charge on any atom is -0.454 e. The van der Waals surface area contributed by atoms with Gasteiger partial charge in [0.15, 0.2) is 3.77 Å². The normalized spacial score (nSPS) is 12.5. The second-order valence-electron chi connectivity index (χ2n) is 4.21. The molecular weight excluding hydrogens is 359 g/mol. The van der Waals surface area contributed by atoms with Gasteiger partial charge in [0, 0.05) is 38.8 Å². The van der Waals surface area contributed by atoms with Crippen molar-refractivity contribution in [3.8, 4) is 11.1 Å². The number of aryl methyl sites for hydroxylation is 1. The van der Waals surface area contributed by atoms with Crippen molar-refractivity contribution in [1.29, 1.82) is 0 Å². The highest BCUT2D eigenvalue weighted by atomic mass is 127. The zero-order chi connectivity index (χ0) is 13.3. The molecule has 1 aromatic carbocycles. The van der Waals surface area contributed by atoms with E-state index in [9.17, 15) is 0 Å². The number of hydrogen-bond donors (Lipinski definition) is 0. The third-order valence-electron chi connectivity index (χ3n) is 3.00. The first-order valence-corrected chi connectivity index (χ1v) is 7.15. The Morgan fingerprint density at radius 2 is 1.78 bits per heavy atom. The molecule has 0 saturated heterocycles. The lowest BCUT2D eigenvalue weighted by Gasteiger charge is -2.06. The Hall–Kier alpha value is -0.740. The van der Waals surface area contributed by atoms with Crippen molar-refractivity contribution >= 4 is 39.8 Å². The van der Waals surface area contributed by atoms with Crippen molar-refractivity contribution < 1.29 is 4.42 Å². The van der Waals surface area contributed by atoms with Gasteiger partial charge in [0.05, 0.1) is 0 Å². The summed E-state index contributed by atoms with van der Waals surface area (Å²) in [7, 11) is 0. The third kappa shape index (κ3) is 2.50. The molecule has 94 valence electrons. The molecule has 1 heterocycles. The van der Waals surface area contributed by atoms with Crippen LogP contribution in [0.15, 0.2) is 39.8 Å². The smallest absolute Gasteiger partial charge is 0.172 e. The van der Waals surface area contributed by atoms with Crippen molar-refractivity contribution in [2.75, 3.05) is 0 Å². The molecule has 0 aliphatic heterocycles. The third-order valence-corrected chi connectivity index (χ3v) is 4.04.